The normalized spacial score (nSPS) is 17.6. The Morgan fingerprint density at radius 1 is 1.24 bits per heavy atom. The highest BCUT2D eigenvalue weighted by atomic mass is 32.2. The van der Waals surface area contributed by atoms with Crippen LogP contribution in [0, 0.1) is 12.7 Å². The topological polar surface area (TPSA) is 24.4 Å². The zero-order valence-electron chi connectivity index (χ0n) is 11.8. The molecule has 1 atom stereocenters. The zero-order chi connectivity index (χ0) is 14.7. The van der Waals surface area contributed by atoms with Crippen molar-refractivity contribution in [3.63, 3.8) is 0 Å². The molecule has 4 heteroatoms. The molecule has 21 heavy (non-hydrogen) atoms. The van der Waals surface area contributed by atoms with Gasteiger partial charge in [-0.25, -0.2) is 4.39 Å². The molecule has 0 aliphatic carbocycles. The van der Waals surface area contributed by atoms with E-state index in [9.17, 15) is 4.39 Å². The van der Waals surface area contributed by atoms with Gasteiger partial charge in [-0.15, -0.1) is 0 Å². The molecule has 2 aromatic carbocycles. The Hall–Kier alpha value is -1.81. The van der Waals surface area contributed by atoms with Gasteiger partial charge >= 0.3 is 0 Å². The van der Waals surface area contributed by atoms with Crippen molar-refractivity contribution in [2.24, 2.45) is 4.99 Å². The van der Waals surface area contributed by atoms with E-state index in [1.165, 1.54) is 11.6 Å². The molecule has 0 aromatic heterocycles. The Bertz CT molecular complexity index is 655. The minimum Gasteiger partial charge on any atom is -0.335 e. The summed E-state index contributed by atoms with van der Waals surface area (Å²) in [7, 11) is 0. The number of rotatable bonds is 3. The number of benzene rings is 2. The van der Waals surface area contributed by atoms with Gasteiger partial charge in [-0.2, -0.15) is 0 Å². The summed E-state index contributed by atoms with van der Waals surface area (Å²) in [5, 5.41) is 4.19. The lowest BCUT2D eigenvalue weighted by molar-refractivity contribution is 0.619. The van der Waals surface area contributed by atoms with Crippen LogP contribution >= 0.6 is 11.8 Å². The molecule has 1 unspecified atom stereocenters. The Balaban J connectivity index is 1.64. The predicted molar refractivity (Wildman–Crippen MR) is 88.6 cm³/mol. The second kappa shape index (κ2) is 6.31. The molecule has 3 rings (SSSR count). The van der Waals surface area contributed by atoms with Crippen LogP contribution in [0.2, 0.25) is 0 Å². The van der Waals surface area contributed by atoms with Gasteiger partial charge in [0, 0.05) is 11.4 Å². The molecule has 0 radical (unpaired) electrons. The van der Waals surface area contributed by atoms with Crippen molar-refractivity contribution in [3.05, 3.63) is 65.5 Å². The van der Waals surface area contributed by atoms with Gasteiger partial charge in [0.15, 0.2) is 5.17 Å². The third-order valence-electron chi connectivity index (χ3n) is 3.44. The second-order valence-electron chi connectivity index (χ2n) is 5.18. The number of amidine groups is 1. The molecule has 0 fully saturated rings. The van der Waals surface area contributed by atoms with Gasteiger partial charge in [-0.05, 0) is 42.7 Å². The van der Waals surface area contributed by atoms with Gasteiger partial charge in [0.25, 0.3) is 0 Å². The number of hydrogen-bond donors (Lipinski definition) is 1. The van der Waals surface area contributed by atoms with Gasteiger partial charge < -0.3 is 5.32 Å². The first-order chi connectivity index (χ1) is 10.2. The van der Waals surface area contributed by atoms with E-state index < -0.39 is 0 Å². The smallest absolute Gasteiger partial charge is 0.161 e. The number of nitrogens with zero attached hydrogens (tertiary/aromatic N) is 1. The summed E-state index contributed by atoms with van der Waals surface area (Å²) in [6.07, 6.45) is 0.960. The summed E-state index contributed by atoms with van der Waals surface area (Å²) in [5.74, 6) is 0.806. The van der Waals surface area contributed by atoms with Crippen LogP contribution in [0.25, 0.3) is 0 Å². The lowest BCUT2D eigenvalue weighted by Crippen LogP contribution is -2.08. The lowest BCUT2D eigenvalue weighted by atomic mass is 10.1. The van der Waals surface area contributed by atoms with E-state index >= 15 is 0 Å². The standard InChI is InChI=1S/C17H17FN2S/c1-12-9-14(7-8-16(12)18)19-17-20-15(11-21-17)10-13-5-3-2-4-6-13/h2-9,15H,10-11H2,1H3,(H,19,20). The van der Waals surface area contributed by atoms with E-state index in [-0.39, 0.29) is 5.82 Å². The fraction of sp³-hybridized carbons (Fsp3) is 0.235. The zero-order valence-corrected chi connectivity index (χ0v) is 12.7. The molecule has 1 aliphatic rings. The maximum Gasteiger partial charge on any atom is 0.161 e. The fourth-order valence-corrected chi connectivity index (χ4v) is 3.28. The van der Waals surface area contributed by atoms with Crippen LogP contribution in [0.1, 0.15) is 11.1 Å². The first-order valence-electron chi connectivity index (χ1n) is 6.98. The molecular weight excluding hydrogens is 283 g/mol. The Morgan fingerprint density at radius 3 is 2.81 bits per heavy atom. The summed E-state index contributed by atoms with van der Waals surface area (Å²) >= 11 is 1.72. The monoisotopic (exact) mass is 300 g/mol. The molecule has 1 aliphatic heterocycles. The molecular formula is C17H17FN2S. The minimum atomic E-state index is -0.177. The van der Waals surface area contributed by atoms with Crippen molar-refractivity contribution in [1.82, 2.24) is 0 Å². The van der Waals surface area contributed by atoms with E-state index in [1.807, 2.05) is 12.1 Å². The number of aliphatic imine (C=N–C) groups is 1. The van der Waals surface area contributed by atoms with Crippen molar-refractivity contribution in [3.8, 4) is 0 Å². The number of anilines is 1. The van der Waals surface area contributed by atoms with E-state index in [0.29, 0.717) is 11.6 Å². The van der Waals surface area contributed by atoms with Crippen LogP contribution < -0.4 is 5.32 Å². The maximum atomic E-state index is 13.3. The summed E-state index contributed by atoms with van der Waals surface area (Å²) in [6.45, 7) is 1.77. The SMILES string of the molecule is Cc1cc(NC2=NC(Cc3ccccc3)CS2)ccc1F. The molecule has 0 amide bonds. The molecule has 0 saturated carbocycles. The molecule has 1 N–H and O–H groups in total. The van der Waals surface area contributed by atoms with Crippen LogP contribution in [-0.2, 0) is 6.42 Å². The minimum absolute atomic E-state index is 0.177. The van der Waals surface area contributed by atoms with Gasteiger partial charge in [0.05, 0.1) is 6.04 Å². The molecule has 1 heterocycles. The van der Waals surface area contributed by atoms with Crippen LogP contribution in [0.3, 0.4) is 0 Å². The quantitative estimate of drug-likeness (QED) is 0.916. The predicted octanol–water partition coefficient (Wildman–Crippen LogP) is 4.26. The molecule has 0 spiro atoms. The molecule has 2 aromatic rings. The first kappa shape index (κ1) is 14.1. The van der Waals surface area contributed by atoms with Gasteiger partial charge in [-0.1, -0.05) is 42.1 Å². The summed E-state index contributed by atoms with van der Waals surface area (Å²) in [4.78, 5) is 4.71. The summed E-state index contributed by atoms with van der Waals surface area (Å²) in [5.41, 5.74) is 2.84. The van der Waals surface area contributed by atoms with Crippen molar-refractivity contribution in [2.45, 2.75) is 19.4 Å². The third-order valence-corrected chi connectivity index (χ3v) is 4.47. The number of halogens is 1. The Kier molecular flexibility index (Phi) is 4.25. The Labute approximate surface area is 128 Å². The maximum absolute atomic E-state index is 13.3. The highest BCUT2D eigenvalue weighted by molar-refractivity contribution is 8.14. The summed E-state index contributed by atoms with van der Waals surface area (Å²) < 4.78 is 13.3. The second-order valence-corrected chi connectivity index (χ2v) is 6.19. The average molecular weight is 300 g/mol. The number of aryl methyl sites for hydroxylation is 1. The molecule has 108 valence electrons. The van der Waals surface area contributed by atoms with Crippen LogP contribution in [0.15, 0.2) is 53.5 Å². The number of hydrogen-bond acceptors (Lipinski definition) is 3. The van der Waals surface area contributed by atoms with Crippen molar-refractivity contribution < 1.29 is 4.39 Å². The first-order valence-corrected chi connectivity index (χ1v) is 7.97. The van der Waals surface area contributed by atoms with Crippen molar-refractivity contribution >= 4 is 22.6 Å². The van der Waals surface area contributed by atoms with Crippen LogP contribution in [-0.4, -0.2) is 17.0 Å². The van der Waals surface area contributed by atoms with E-state index in [2.05, 4.69) is 29.6 Å². The van der Waals surface area contributed by atoms with Crippen LogP contribution in [0.4, 0.5) is 10.1 Å². The van der Waals surface area contributed by atoms with Crippen molar-refractivity contribution in [1.29, 1.82) is 0 Å². The largest absolute Gasteiger partial charge is 0.335 e. The molecule has 0 saturated heterocycles. The molecule has 0 bridgehead atoms. The Morgan fingerprint density at radius 2 is 2.05 bits per heavy atom. The highest BCUT2D eigenvalue weighted by Gasteiger charge is 2.18. The van der Waals surface area contributed by atoms with Crippen LogP contribution in [0.5, 0.6) is 0 Å². The van der Waals surface area contributed by atoms with Gasteiger partial charge in [0.2, 0.25) is 0 Å². The summed E-state index contributed by atoms with van der Waals surface area (Å²) in [6, 6.07) is 15.8. The van der Waals surface area contributed by atoms with E-state index in [0.717, 1.165) is 23.0 Å². The van der Waals surface area contributed by atoms with Crippen molar-refractivity contribution in [2.75, 3.05) is 11.1 Å². The third kappa shape index (κ3) is 3.64. The number of nitrogens with one attached hydrogen (secondary N) is 1. The lowest BCUT2D eigenvalue weighted by Gasteiger charge is -2.06. The number of thioether (sulfide) groups is 1. The molecule has 2 nitrogen and oxygen atoms in total. The highest BCUT2D eigenvalue weighted by Crippen LogP contribution is 2.23. The van der Waals surface area contributed by atoms with Gasteiger partial charge in [0.1, 0.15) is 5.82 Å². The van der Waals surface area contributed by atoms with E-state index in [1.54, 1.807) is 24.8 Å². The average Bonchev–Trinajstić information content (AvgIpc) is 2.91. The van der Waals surface area contributed by atoms with E-state index in [4.69, 9.17) is 4.99 Å². The fourth-order valence-electron chi connectivity index (χ4n) is 2.32. The van der Waals surface area contributed by atoms with Gasteiger partial charge in [-0.3, -0.25) is 4.99 Å².